The van der Waals surface area contributed by atoms with E-state index in [0.717, 1.165) is 29.4 Å². The first-order valence-corrected chi connectivity index (χ1v) is 9.27. The van der Waals surface area contributed by atoms with Gasteiger partial charge in [-0.2, -0.15) is 0 Å². The first-order valence-electron chi connectivity index (χ1n) is 8.47. The predicted molar refractivity (Wildman–Crippen MR) is 95.6 cm³/mol. The molecule has 0 radical (unpaired) electrons. The number of amides is 1. The van der Waals surface area contributed by atoms with Crippen LogP contribution in [0.3, 0.4) is 0 Å². The van der Waals surface area contributed by atoms with Crippen molar-refractivity contribution in [1.82, 2.24) is 4.90 Å². The van der Waals surface area contributed by atoms with E-state index < -0.39 is 0 Å². The molecular weight excluding hydrogens is 372 g/mol. The van der Waals surface area contributed by atoms with Crippen molar-refractivity contribution < 1.29 is 14.3 Å². The van der Waals surface area contributed by atoms with Crippen molar-refractivity contribution >= 4 is 33.5 Å². The summed E-state index contributed by atoms with van der Waals surface area (Å²) in [5.41, 5.74) is 0.761. The molecule has 130 valence electrons. The number of esters is 1. The molecule has 1 N–H and O–H groups in total. The lowest BCUT2D eigenvalue weighted by Gasteiger charge is -2.32. The molecule has 0 bridgehead atoms. The van der Waals surface area contributed by atoms with Crippen molar-refractivity contribution in [2.75, 3.05) is 19.0 Å². The summed E-state index contributed by atoms with van der Waals surface area (Å²) in [7, 11) is 1.42. The largest absolute Gasteiger partial charge is 0.468 e. The van der Waals surface area contributed by atoms with Crippen LogP contribution in [-0.4, -0.2) is 42.5 Å². The Labute approximate surface area is 150 Å². The van der Waals surface area contributed by atoms with Gasteiger partial charge in [-0.15, -0.1) is 0 Å². The first kappa shape index (κ1) is 17.4. The fourth-order valence-corrected chi connectivity index (χ4v) is 4.31. The van der Waals surface area contributed by atoms with E-state index in [1.165, 1.54) is 20.0 Å². The SMILES string of the molecule is COC(=O)C1CC2CCCCC2N1CC(=O)Nc1ccc(Br)cc1. The molecule has 1 aromatic carbocycles. The molecular formula is C18H23BrN2O3. The van der Waals surface area contributed by atoms with Gasteiger partial charge in [0.05, 0.1) is 13.7 Å². The number of carbonyl (C=O) groups excluding carboxylic acids is 2. The second-order valence-electron chi connectivity index (χ2n) is 6.61. The maximum Gasteiger partial charge on any atom is 0.323 e. The van der Waals surface area contributed by atoms with Gasteiger partial charge < -0.3 is 10.1 Å². The highest BCUT2D eigenvalue weighted by molar-refractivity contribution is 9.10. The molecule has 24 heavy (non-hydrogen) atoms. The van der Waals surface area contributed by atoms with Crippen molar-refractivity contribution in [3.63, 3.8) is 0 Å². The van der Waals surface area contributed by atoms with Crippen LogP contribution < -0.4 is 5.32 Å². The van der Waals surface area contributed by atoms with Gasteiger partial charge in [0.1, 0.15) is 6.04 Å². The van der Waals surface area contributed by atoms with Gasteiger partial charge >= 0.3 is 5.97 Å². The van der Waals surface area contributed by atoms with Gasteiger partial charge in [0.25, 0.3) is 0 Å². The molecule has 0 aromatic heterocycles. The minimum Gasteiger partial charge on any atom is -0.468 e. The highest BCUT2D eigenvalue weighted by Crippen LogP contribution is 2.39. The number of halogens is 1. The fraction of sp³-hybridized carbons (Fsp3) is 0.556. The van der Waals surface area contributed by atoms with E-state index in [1.807, 2.05) is 24.3 Å². The van der Waals surface area contributed by atoms with E-state index in [2.05, 4.69) is 26.1 Å². The predicted octanol–water partition coefficient (Wildman–Crippen LogP) is 3.19. The van der Waals surface area contributed by atoms with Crippen molar-refractivity contribution in [3.05, 3.63) is 28.7 Å². The first-order chi connectivity index (χ1) is 11.6. The van der Waals surface area contributed by atoms with Crippen LogP contribution in [-0.2, 0) is 14.3 Å². The highest BCUT2D eigenvalue weighted by Gasteiger charge is 2.46. The molecule has 6 heteroatoms. The third-order valence-corrected chi connectivity index (χ3v) is 5.68. The maximum absolute atomic E-state index is 12.5. The van der Waals surface area contributed by atoms with Crippen molar-refractivity contribution in [3.8, 4) is 0 Å². The van der Waals surface area contributed by atoms with Crippen LogP contribution in [0.15, 0.2) is 28.7 Å². The summed E-state index contributed by atoms with van der Waals surface area (Å²) in [6.45, 7) is 0.233. The molecule has 3 rings (SSSR count). The third kappa shape index (κ3) is 3.81. The van der Waals surface area contributed by atoms with Gasteiger partial charge in [0.2, 0.25) is 5.91 Å². The average Bonchev–Trinajstić information content (AvgIpc) is 2.95. The Balaban J connectivity index is 1.68. The normalized spacial score (nSPS) is 26.7. The zero-order valence-corrected chi connectivity index (χ0v) is 15.4. The Kier molecular flexibility index (Phi) is 5.56. The Bertz CT molecular complexity index is 605. The maximum atomic E-state index is 12.5. The zero-order chi connectivity index (χ0) is 17.1. The molecule has 1 saturated heterocycles. The molecule has 0 spiro atoms. The minimum atomic E-state index is -0.293. The Hall–Kier alpha value is -1.40. The summed E-state index contributed by atoms with van der Waals surface area (Å²) >= 11 is 3.38. The summed E-state index contributed by atoms with van der Waals surface area (Å²) in [4.78, 5) is 26.7. The van der Waals surface area contributed by atoms with Gasteiger partial charge in [-0.1, -0.05) is 28.8 Å². The van der Waals surface area contributed by atoms with Gasteiger partial charge in [-0.25, -0.2) is 0 Å². The number of nitrogens with zero attached hydrogens (tertiary/aromatic N) is 1. The molecule has 1 heterocycles. The van der Waals surface area contributed by atoms with Crippen LogP contribution in [0, 0.1) is 5.92 Å². The number of likely N-dealkylation sites (tertiary alicyclic amines) is 1. The summed E-state index contributed by atoms with van der Waals surface area (Å²) < 4.78 is 5.93. The van der Waals surface area contributed by atoms with E-state index in [0.29, 0.717) is 12.0 Å². The molecule has 3 atom stereocenters. The van der Waals surface area contributed by atoms with E-state index in [4.69, 9.17) is 4.74 Å². The zero-order valence-electron chi connectivity index (χ0n) is 13.8. The third-order valence-electron chi connectivity index (χ3n) is 5.15. The number of nitrogens with one attached hydrogen (secondary N) is 1. The summed E-state index contributed by atoms with van der Waals surface area (Å²) in [5.74, 6) is 0.196. The Morgan fingerprint density at radius 3 is 2.67 bits per heavy atom. The van der Waals surface area contributed by atoms with E-state index in [9.17, 15) is 9.59 Å². The number of hydrogen-bond donors (Lipinski definition) is 1. The van der Waals surface area contributed by atoms with Crippen LogP contribution in [0.25, 0.3) is 0 Å². The van der Waals surface area contributed by atoms with Gasteiger partial charge in [-0.05, 0) is 49.4 Å². The molecule has 2 aliphatic rings. The quantitative estimate of drug-likeness (QED) is 0.796. The fourth-order valence-electron chi connectivity index (χ4n) is 4.05. The number of fused-ring (bicyclic) bond motifs is 1. The second-order valence-corrected chi connectivity index (χ2v) is 7.53. The number of methoxy groups -OCH3 is 1. The van der Waals surface area contributed by atoms with Crippen molar-refractivity contribution in [1.29, 1.82) is 0 Å². The number of carbonyl (C=O) groups is 2. The van der Waals surface area contributed by atoms with Crippen LogP contribution in [0.1, 0.15) is 32.1 Å². The number of ether oxygens (including phenoxy) is 1. The lowest BCUT2D eigenvalue weighted by molar-refractivity contribution is -0.146. The van der Waals surface area contributed by atoms with E-state index >= 15 is 0 Å². The molecule has 5 nitrogen and oxygen atoms in total. The number of anilines is 1. The van der Waals surface area contributed by atoms with Crippen LogP contribution >= 0.6 is 15.9 Å². The highest BCUT2D eigenvalue weighted by atomic mass is 79.9. The molecule has 2 fully saturated rings. The molecule has 1 aliphatic carbocycles. The number of rotatable bonds is 4. The lowest BCUT2D eigenvalue weighted by atomic mass is 9.85. The van der Waals surface area contributed by atoms with Crippen molar-refractivity contribution in [2.24, 2.45) is 5.92 Å². The average molecular weight is 395 g/mol. The minimum absolute atomic E-state index is 0.0857. The molecule has 1 saturated carbocycles. The van der Waals surface area contributed by atoms with Crippen molar-refractivity contribution in [2.45, 2.75) is 44.2 Å². The van der Waals surface area contributed by atoms with E-state index in [-0.39, 0.29) is 24.5 Å². The Morgan fingerprint density at radius 1 is 1.25 bits per heavy atom. The number of benzene rings is 1. The summed E-state index contributed by atoms with van der Waals surface area (Å²) in [5, 5.41) is 2.92. The van der Waals surface area contributed by atoms with Gasteiger partial charge in [0.15, 0.2) is 0 Å². The summed E-state index contributed by atoms with van der Waals surface area (Å²) in [6.07, 6.45) is 5.39. The van der Waals surface area contributed by atoms with Gasteiger partial charge in [0, 0.05) is 16.2 Å². The number of hydrogen-bond acceptors (Lipinski definition) is 4. The molecule has 1 aliphatic heterocycles. The van der Waals surface area contributed by atoms with Crippen LogP contribution in [0.5, 0.6) is 0 Å². The second kappa shape index (κ2) is 7.66. The smallest absolute Gasteiger partial charge is 0.323 e. The summed E-state index contributed by atoms with van der Waals surface area (Å²) in [6, 6.07) is 7.51. The standard InChI is InChI=1S/C18H23BrN2O3/c1-24-18(23)16-10-12-4-2-3-5-15(12)21(16)11-17(22)20-14-8-6-13(19)7-9-14/h6-9,12,15-16H,2-5,10-11H2,1H3,(H,20,22). The monoisotopic (exact) mass is 394 g/mol. The van der Waals surface area contributed by atoms with Gasteiger partial charge in [-0.3, -0.25) is 14.5 Å². The molecule has 1 aromatic rings. The topological polar surface area (TPSA) is 58.6 Å². The molecule has 1 amide bonds. The van der Waals surface area contributed by atoms with Crippen LogP contribution in [0.4, 0.5) is 5.69 Å². The molecule has 3 unspecified atom stereocenters. The lowest BCUT2D eigenvalue weighted by Crippen LogP contribution is -2.46. The Morgan fingerprint density at radius 2 is 1.96 bits per heavy atom. The van der Waals surface area contributed by atoms with Crippen LogP contribution in [0.2, 0.25) is 0 Å². The van der Waals surface area contributed by atoms with E-state index in [1.54, 1.807) is 0 Å².